The topological polar surface area (TPSA) is 72.0 Å². The summed E-state index contributed by atoms with van der Waals surface area (Å²) in [6.45, 7) is 0. The van der Waals surface area contributed by atoms with Crippen molar-refractivity contribution in [2.75, 3.05) is 0 Å². The molecule has 0 bridgehead atoms. The molecule has 0 aliphatic carbocycles. The third-order valence-electron chi connectivity index (χ3n) is 9.84. The number of furan rings is 1. The van der Waals surface area contributed by atoms with Crippen molar-refractivity contribution in [3.63, 3.8) is 0 Å². The first-order chi connectivity index (χ1) is 25.7. The molecule has 10 aromatic rings. The second-order valence-corrected chi connectivity index (χ2v) is 12.9. The van der Waals surface area contributed by atoms with Gasteiger partial charge in [-0.05, 0) is 56.9 Å². The Labute approximate surface area is 299 Å². The lowest BCUT2D eigenvalue weighted by Crippen LogP contribution is -2.03. The monoisotopic (exact) mass is 667 g/mol. The first-order valence-electron chi connectivity index (χ1n) is 17.3. The average Bonchev–Trinajstić information content (AvgIpc) is 3.60. The smallest absolute Gasteiger partial charge is 0.165 e. The van der Waals surface area contributed by atoms with E-state index in [4.69, 9.17) is 19.4 Å². The molecule has 0 atom stereocenters. The molecule has 0 saturated heterocycles. The average molecular weight is 668 g/mol. The molecular formula is C47H29N3O2. The van der Waals surface area contributed by atoms with Crippen LogP contribution in [0.5, 0.6) is 5.75 Å². The molecule has 0 radical (unpaired) electrons. The molecule has 2 heterocycles. The molecule has 0 aliphatic rings. The molecule has 5 heteroatoms. The highest BCUT2D eigenvalue weighted by Crippen LogP contribution is 2.47. The largest absolute Gasteiger partial charge is 0.507 e. The Morgan fingerprint density at radius 2 is 1.00 bits per heavy atom. The van der Waals surface area contributed by atoms with Crippen molar-refractivity contribution in [1.82, 2.24) is 15.0 Å². The summed E-state index contributed by atoms with van der Waals surface area (Å²) in [6, 6.07) is 56.8. The number of phenolic OH excluding ortho intramolecular Hbond substituents is 1. The third-order valence-corrected chi connectivity index (χ3v) is 9.84. The number of hydrogen-bond donors (Lipinski definition) is 1. The van der Waals surface area contributed by atoms with E-state index in [1.165, 1.54) is 5.39 Å². The minimum Gasteiger partial charge on any atom is -0.507 e. The Balaban J connectivity index is 1.33. The molecule has 244 valence electrons. The molecule has 5 nitrogen and oxygen atoms in total. The van der Waals surface area contributed by atoms with Gasteiger partial charge in [-0.2, -0.15) is 0 Å². The van der Waals surface area contributed by atoms with Crippen molar-refractivity contribution < 1.29 is 9.52 Å². The molecular weight excluding hydrogens is 639 g/mol. The van der Waals surface area contributed by atoms with Gasteiger partial charge >= 0.3 is 0 Å². The summed E-state index contributed by atoms with van der Waals surface area (Å²) in [5.41, 5.74) is 7.19. The number of aromatic nitrogens is 3. The highest BCUT2D eigenvalue weighted by atomic mass is 16.3. The molecule has 0 amide bonds. The maximum atomic E-state index is 11.7. The summed E-state index contributed by atoms with van der Waals surface area (Å²) < 4.78 is 6.56. The molecule has 10 rings (SSSR count). The Kier molecular flexibility index (Phi) is 6.89. The molecule has 1 N–H and O–H groups in total. The number of benzene rings is 8. The van der Waals surface area contributed by atoms with Gasteiger partial charge in [0.2, 0.25) is 0 Å². The minimum absolute atomic E-state index is 0.126. The van der Waals surface area contributed by atoms with Gasteiger partial charge in [0.1, 0.15) is 16.9 Å². The molecule has 8 aromatic carbocycles. The van der Waals surface area contributed by atoms with Crippen molar-refractivity contribution in [3.05, 3.63) is 170 Å². The van der Waals surface area contributed by atoms with Crippen LogP contribution in [0.4, 0.5) is 0 Å². The Hall–Kier alpha value is -7.11. The van der Waals surface area contributed by atoms with Crippen LogP contribution in [0.1, 0.15) is 0 Å². The van der Waals surface area contributed by atoms with Gasteiger partial charge in [0.25, 0.3) is 0 Å². The van der Waals surface area contributed by atoms with Gasteiger partial charge in [-0.1, -0.05) is 146 Å². The van der Waals surface area contributed by atoms with Crippen molar-refractivity contribution >= 4 is 43.5 Å². The Morgan fingerprint density at radius 3 is 1.81 bits per heavy atom. The second kappa shape index (κ2) is 12.0. The summed E-state index contributed by atoms with van der Waals surface area (Å²) in [4.78, 5) is 15.7. The molecule has 0 spiro atoms. The van der Waals surface area contributed by atoms with E-state index in [-0.39, 0.29) is 5.75 Å². The van der Waals surface area contributed by atoms with Crippen LogP contribution >= 0.6 is 0 Å². The van der Waals surface area contributed by atoms with Crippen LogP contribution in [0.3, 0.4) is 0 Å². The normalized spacial score (nSPS) is 11.5. The molecule has 52 heavy (non-hydrogen) atoms. The van der Waals surface area contributed by atoms with E-state index >= 15 is 0 Å². The summed E-state index contributed by atoms with van der Waals surface area (Å²) in [5, 5.41) is 18.2. The van der Waals surface area contributed by atoms with Crippen LogP contribution in [0.15, 0.2) is 174 Å². The molecule has 0 fully saturated rings. The first kappa shape index (κ1) is 29.8. The zero-order valence-electron chi connectivity index (χ0n) is 27.9. The zero-order valence-corrected chi connectivity index (χ0v) is 27.9. The first-order valence-corrected chi connectivity index (χ1v) is 17.3. The Morgan fingerprint density at radius 1 is 0.385 bits per heavy atom. The van der Waals surface area contributed by atoms with Crippen molar-refractivity contribution in [1.29, 1.82) is 0 Å². The maximum Gasteiger partial charge on any atom is 0.165 e. The number of nitrogens with zero attached hydrogens (tertiary/aromatic N) is 3. The summed E-state index contributed by atoms with van der Waals surface area (Å²) >= 11 is 0. The fraction of sp³-hybridized carbons (Fsp3) is 0. The van der Waals surface area contributed by atoms with Gasteiger partial charge < -0.3 is 9.52 Å². The number of phenols is 1. The predicted molar refractivity (Wildman–Crippen MR) is 211 cm³/mol. The number of para-hydroxylation sites is 2. The summed E-state index contributed by atoms with van der Waals surface area (Å²) in [7, 11) is 0. The minimum atomic E-state index is 0.126. The van der Waals surface area contributed by atoms with Crippen LogP contribution in [0.25, 0.3) is 99.9 Å². The van der Waals surface area contributed by atoms with Gasteiger partial charge in [0.15, 0.2) is 17.5 Å². The van der Waals surface area contributed by atoms with E-state index < -0.39 is 0 Å². The van der Waals surface area contributed by atoms with Gasteiger partial charge in [0.05, 0.1) is 0 Å². The predicted octanol–water partition coefficient (Wildman–Crippen LogP) is 12.1. The van der Waals surface area contributed by atoms with E-state index in [0.717, 1.165) is 65.9 Å². The van der Waals surface area contributed by atoms with E-state index in [9.17, 15) is 5.11 Å². The fourth-order valence-corrected chi connectivity index (χ4v) is 7.47. The van der Waals surface area contributed by atoms with Gasteiger partial charge in [-0.25, -0.2) is 15.0 Å². The summed E-state index contributed by atoms with van der Waals surface area (Å²) in [6.07, 6.45) is 0. The number of fused-ring (bicyclic) bond motifs is 6. The van der Waals surface area contributed by atoms with E-state index in [0.29, 0.717) is 28.6 Å². The van der Waals surface area contributed by atoms with E-state index in [1.54, 1.807) is 6.07 Å². The van der Waals surface area contributed by atoms with Gasteiger partial charge in [-0.15, -0.1) is 0 Å². The number of rotatable bonds is 5. The lowest BCUT2D eigenvalue weighted by atomic mass is 9.89. The lowest BCUT2D eigenvalue weighted by Gasteiger charge is -2.18. The van der Waals surface area contributed by atoms with Crippen LogP contribution in [-0.2, 0) is 0 Å². The number of hydrogen-bond acceptors (Lipinski definition) is 5. The van der Waals surface area contributed by atoms with Crippen LogP contribution in [-0.4, -0.2) is 20.1 Å². The maximum absolute atomic E-state index is 11.7. The SMILES string of the molecule is Oc1ccc(-c2cccc3c2oc2ccccc23)c(-c2nc(-c3ccccc3)nc(-c3cc4ccccc4c4ccccc34)n2)c1-c1ccccc1. The highest BCUT2D eigenvalue weighted by Gasteiger charge is 2.25. The summed E-state index contributed by atoms with van der Waals surface area (Å²) in [5.74, 6) is 1.65. The van der Waals surface area contributed by atoms with E-state index in [1.807, 2.05) is 91.0 Å². The Bertz CT molecular complexity index is 2970. The lowest BCUT2D eigenvalue weighted by molar-refractivity contribution is 0.477. The fourth-order valence-electron chi connectivity index (χ4n) is 7.47. The molecule has 0 saturated carbocycles. The van der Waals surface area contributed by atoms with Gasteiger partial charge in [0, 0.05) is 38.6 Å². The van der Waals surface area contributed by atoms with Crippen molar-refractivity contribution in [3.8, 4) is 62.2 Å². The van der Waals surface area contributed by atoms with Crippen molar-refractivity contribution in [2.45, 2.75) is 0 Å². The van der Waals surface area contributed by atoms with Crippen LogP contribution < -0.4 is 0 Å². The molecule has 2 aromatic heterocycles. The second-order valence-electron chi connectivity index (χ2n) is 12.9. The number of aromatic hydroxyl groups is 1. The van der Waals surface area contributed by atoms with Gasteiger partial charge in [-0.3, -0.25) is 0 Å². The molecule has 0 unspecified atom stereocenters. The van der Waals surface area contributed by atoms with Crippen LogP contribution in [0, 0.1) is 0 Å². The highest BCUT2D eigenvalue weighted by molar-refractivity contribution is 6.14. The molecule has 0 aliphatic heterocycles. The third kappa shape index (κ3) is 4.83. The van der Waals surface area contributed by atoms with E-state index in [2.05, 4.69) is 72.8 Å². The van der Waals surface area contributed by atoms with Crippen molar-refractivity contribution in [2.24, 2.45) is 0 Å². The zero-order chi connectivity index (χ0) is 34.6. The standard InChI is InChI=1S/C47H29N3O2/c51-40-27-26-36(38-24-13-23-37-35-22-11-12-25-41(35)52-44(37)38)43(42(40)29-14-3-1-4-15-29)47-49-45(30-16-5-2-6-17-30)48-46(50-47)39-28-31-18-7-8-19-32(31)33-20-9-10-21-34(33)39/h1-28,51H. The quantitative estimate of drug-likeness (QED) is 0.185. The van der Waals surface area contributed by atoms with Crippen LogP contribution in [0.2, 0.25) is 0 Å².